The van der Waals surface area contributed by atoms with Gasteiger partial charge in [-0.05, 0) is 25.1 Å². The number of carbonyl (C=O) groups is 1. The third-order valence-corrected chi connectivity index (χ3v) is 3.81. The molecule has 1 atom stereocenters. The molecular formula is C17H20N4O2. The molecule has 3 rings (SSSR count). The zero-order valence-corrected chi connectivity index (χ0v) is 13.2. The molecule has 120 valence electrons. The van der Waals surface area contributed by atoms with E-state index in [-0.39, 0.29) is 12.1 Å². The van der Waals surface area contributed by atoms with Crippen molar-refractivity contribution in [2.24, 2.45) is 7.05 Å². The molecule has 0 saturated heterocycles. The maximum atomic E-state index is 12.0. The van der Waals surface area contributed by atoms with E-state index in [1.165, 1.54) is 0 Å². The molecule has 0 unspecified atom stereocenters. The van der Waals surface area contributed by atoms with Crippen LogP contribution in [0.3, 0.4) is 0 Å². The van der Waals surface area contributed by atoms with E-state index < -0.39 is 0 Å². The van der Waals surface area contributed by atoms with Gasteiger partial charge in [-0.3, -0.25) is 4.68 Å². The van der Waals surface area contributed by atoms with Gasteiger partial charge in [0, 0.05) is 37.3 Å². The summed E-state index contributed by atoms with van der Waals surface area (Å²) in [5.41, 5.74) is 1.91. The first kappa shape index (κ1) is 15.1. The highest BCUT2D eigenvalue weighted by molar-refractivity contribution is 5.78. The van der Waals surface area contributed by atoms with Gasteiger partial charge in [0.25, 0.3) is 0 Å². The van der Waals surface area contributed by atoms with E-state index in [0.29, 0.717) is 6.54 Å². The fourth-order valence-corrected chi connectivity index (χ4v) is 2.49. The van der Waals surface area contributed by atoms with Crippen molar-refractivity contribution in [3.8, 4) is 0 Å². The highest BCUT2D eigenvalue weighted by atomic mass is 16.3. The first-order valence-electron chi connectivity index (χ1n) is 7.63. The summed E-state index contributed by atoms with van der Waals surface area (Å²) < 4.78 is 7.56. The van der Waals surface area contributed by atoms with Gasteiger partial charge >= 0.3 is 6.03 Å². The third-order valence-electron chi connectivity index (χ3n) is 3.81. The Balaban J connectivity index is 1.51. The van der Waals surface area contributed by atoms with E-state index in [9.17, 15) is 4.79 Å². The van der Waals surface area contributed by atoms with E-state index in [1.807, 2.05) is 50.4 Å². The van der Waals surface area contributed by atoms with Crippen LogP contribution in [-0.2, 0) is 13.5 Å². The summed E-state index contributed by atoms with van der Waals surface area (Å²) >= 11 is 0. The van der Waals surface area contributed by atoms with Crippen LogP contribution in [0.15, 0.2) is 47.0 Å². The minimum atomic E-state index is -0.208. The Morgan fingerprint density at radius 1 is 1.35 bits per heavy atom. The monoisotopic (exact) mass is 312 g/mol. The van der Waals surface area contributed by atoms with Crippen molar-refractivity contribution in [3.63, 3.8) is 0 Å². The Morgan fingerprint density at radius 3 is 2.91 bits per heavy atom. The zero-order chi connectivity index (χ0) is 16.2. The summed E-state index contributed by atoms with van der Waals surface area (Å²) in [6.07, 6.45) is 2.49. The third kappa shape index (κ3) is 3.53. The Labute approximate surface area is 134 Å². The number of aryl methyl sites for hydroxylation is 1. The lowest BCUT2D eigenvalue weighted by molar-refractivity contribution is 0.236. The molecule has 2 aromatic heterocycles. The minimum Gasteiger partial charge on any atom is -0.459 e. The van der Waals surface area contributed by atoms with Crippen LogP contribution < -0.4 is 10.6 Å². The number of hydrogen-bond acceptors (Lipinski definition) is 3. The van der Waals surface area contributed by atoms with Crippen LogP contribution in [0.5, 0.6) is 0 Å². The standard InChI is InChI=1S/C17H20N4O2/c1-12(16-11-13-5-3-4-6-15(13)23-16)20-17(22)18-9-7-14-8-10-19-21(14)2/h3-6,8,10-12H,7,9H2,1-2H3,(H2,18,20,22)/t12-/m1/s1. The van der Waals surface area contributed by atoms with Crippen molar-refractivity contribution in [3.05, 3.63) is 54.0 Å². The van der Waals surface area contributed by atoms with Crippen molar-refractivity contribution in [2.75, 3.05) is 6.54 Å². The number of rotatable bonds is 5. The molecule has 2 amide bonds. The van der Waals surface area contributed by atoms with Crippen LogP contribution in [0, 0.1) is 0 Å². The van der Waals surface area contributed by atoms with E-state index >= 15 is 0 Å². The number of urea groups is 1. The fraction of sp³-hybridized carbons (Fsp3) is 0.294. The van der Waals surface area contributed by atoms with Gasteiger partial charge < -0.3 is 15.1 Å². The second kappa shape index (κ2) is 6.56. The van der Waals surface area contributed by atoms with Gasteiger partial charge in [0.2, 0.25) is 0 Å². The Morgan fingerprint density at radius 2 is 2.17 bits per heavy atom. The van der Waals surface area contributed by atoms with E-state index in [1.54, 1.807) is 10.9 Å². The predicted molar refractivity (Wildman–Crippen MR) is 88.1 cm³/mol. The number of nitrogens with zero attached hydrogens (tertiary/aromatic N) is 2. The van der Waals surface area contributed by atoms with Crippen LogP contribution in [0.4, 0.5) is 4.79 Å². The van der Waals surface area contributed by atoms with Gasteiger partial charge in [-0.1, -0.05) is 18.2 Å². The van der Waals surface area contributed by atoms with E-state index in [2.05, 4.69) is 15.7 Å². The maximum Gasteiger partial charge on any atom is 0.315 e. The molecule has 0 radical (unpaired) electrons. The van der Waals surface area contributed by atoms with Crippen LogP contribution in [0.1, 0.15) is 24.4 Å². The Hall–Kier alpha value is -2.76. The van der Waals surface area contributed by atoms with Crippen molar-refractivity contribution < 1.29 is 9.21 Å². The molecule has 0 fully saturated rings. The SMILES string of the molecule is C[C@@H](NC(=O)NCCc1ccnn1C)c1cc2ccccc2o1. The number of carbonyl (C=O) groups excluding carboxylic acids is 1. The van der Waals surface area contributed by atoms with Gasteiger partial charge in [-0.2, -0.15) is 5.10 Å². The highest BCUT2D eigenvalue weighted by Crippen LogP contribution is 2.23. The fourth-order valence-electron chi connectivity index (χ4n) is 2.49. The molecule has 6 nitrogen and oxygen atoms in total. The Bertz CT molecular complexity index is 773. The largest absolute Gasteiger partial charge is 0.459 e. The number of hydrogen-bond donors (Lipinski definition) is 2. The van der Waals surface area contributed by atoms with Crippen molar-refractivity contribution in [2.45, 2.75) is 19.4 Å². The van der Waals surface area contributed by atoms with Crippen molar-refractivity contribution in [1.82, 2.24) is 20.4 Å². The molecular weight excluding hydrogens is 292 g/mol. The van der Waals surface area contributed by atoms with Crippen LogP contribution in [0.2, 0.25) is 0 Å². The number of fused-ring (bicyclic) bond motifs is 1. The summed E-state index contributed by atoms with van der Waals surface area (Å²) in [4.78, 5) is 12.0. The second-order valence-electron chi connectivity index (χ2n) is 5.50. The van der Waals surface area contributed by atoms with Crippen LogP contribution in [-0.4, -0.2) is 22.4 Å². The van der Waals surface area contributed by atoms with Crippen molar-refractivity contribution >= 4 is 17.0 Å². The first-order valence-corrected chi connectivity index (χ1v) is 7.63. The molecule has 2 N–H and O–H groups in total. The lowest BCUT2D eigenvalue weighted by Gasteiger charge is -2.12. The molecule has 0 aliphatic carbocycles. The molecule has 0 aliphatic rings. The quantitative estimate of drug-likeness (QED) is 0.761. The molecule has 0 aliphatic heterocycles. The maximum absolute atomic E-state index is 12.0. The molecule has 6 heteroatoms. The lowest BCUT2D eigenvalue weighted by atomic mass is 10.2. The smallest absolute Gasteiger partial charge is 0.315 e. The van der Waals surface area contributed by atoms with E-state index in [4.69, 9.17) is 4.42 Å². The lowest BCUT2D eigenvalue weighted by Crippen LogP contribution is -2.38. The first-order chi connectivity index (χ1) is 11.1. The van der Waals surface area contributed by atoms with E-state index in [0.717, 1.165) is 28.8 Å². The summed E-state index contributed by atoms with van der Waals surface area (Å²) in [5.74, 6) is 0.744. The number of nitrogens with one attached hydrogen (secondary N) is 2. The summed E-state index contributed by atoms with van der Waals surface area (Å²) in [6.45, 7) is 2.45. The van der Waals surface area contributed by atoms with Gasteiger partial charge in [0.1, 0.15) is 11.3 Å². The van der Waals surface area contributed by atoms with Gasteiger partial charge in [0.15, 0.2) is 0 Å². The van der Waals surface area contributed by atoms with Crippen molar-refractivity contribution in [1.29, 1.82) is 0 Å². The molecule has 1 aromatic carbocycles. The van der Waals surface area contributed by atoms with Gasteiger partial charge in [-0.15, -0.1) is 0 Å². The van der Waals surface area contributed by atoms with Gasteiger partial charge in [0.05, 0.1) is 6.04 Å². The Kier molecular flexibility index (Phi) is 4.32. The average molecular weight is 312 g/mol. The summed E-state index contributed by atoms with van der Waals surface area (Å²) in [6, 6.07) is 11.3. The number of furan rings is 1. The number of para-hydroxylation sites is 1. The number of amides is 2. The molecule has 3 aromatic rings. The average Bonchev–Trinajstić information content (AvgIpc) is 3.13. The number of aromatic nitrogens is 2. The van der Waals surface area contributed by atoms with Crippen LogP contribution in [0.25, 0.3) is 11.0 Å². The van der Waals surface area contributed by atoms with Gasteiger partial charge in [-0.25, -0.2) is 4.79 Å². The summed E-state index contributed by atoms with van der Waals surface area (Å²) in [7, 11) is 1.89. The second-order valence-corrected chi connectivity index (χ2v) is 5.50. The minimum absolute atomic E-state index is 0.195. The highest BCUT2D eigenvalue weighted by Gasteiger charge is 2.13. The molecule has 23 heavy (non-hydrogen) atoms. The van der Waals surface area contributed by atoms with Crippen LogP contribution >= 0.6 is 0 Å². The molecule has 2 heterocycles. The molecule has 0 bridgehead atoms. The molecule has 0 saturated carbocycles. The number of benzene rings is 1. The normalized spacial score (nSPS) is 12.3. The topological polar surface area (TPSA) is 72.1 Å². The predicted octanol–water partition coefficient (Wildman–Crippen LogP) is 2.77. The molecule has 0 spiro atoms. The zero-order valence-electron chi connectivity index (χ0n) is 13.2. The summed E-state index contributed by atoms with van der Waals surface area (Å²) in [5, 5.41) is 10.9.